The molecule has 0 aliphatic rings. The van der Waals surface area contributed by atoms with E-state index in [1.54, 1.807) is 30.2 Å². The number of hydrogen-bond acceptors (Lipinski definition) is 4. The molecule has 0 N–H and O–H groups in total. The smallest absolute Gasteiger partial charge is 0.208 e. The van der Waals surface area contributed by atoms with Crippen LogP contribution in [0, 0.1) is 0 Å². The third-order valence-electron chi connectivity index (χ3n) is 2.53. The highest BCUT2D eigenvalue weighted by atomic mass is 35.5. The van der Waals surface area contributed by atoms with E-state index in [0.717, 1.165) is 5.56 Å². The standard InChI is InChI=1S/C11H8Cl2N6/c1-18-16-11(15-17-18)7-5-14-19(6-7)9-4-2-3-8(12)10(9)13/h2-6H,1H3. The summed E-state index contributed by atoms with van der Waals surface area (Å²) >= 11 is 12.1. The highest BCUT2D eigenvalue weighted by Crippen LogP contribution is 2.28. The molecule has 0 atom stereocenters. The van der Waals surface area contributed by atoms with E-state index in [0.29, 0.717) is 21.6 Å². The summed E-state index contributed by atoms with van der Waals surface area (Å²) in [4.78, 5) is 1.39. The summed E-state index contributed by atoms with van der Waals surface area (Å²) in [6, 6.07) is 5.36. The summed E-state index contributed by atoms with van der Waals surface area (Å²) in [6.07, 6.45) is 3.42. The average Bonchev–Trinajstić information content (AvgIpc) is 3.01. The maximum absolute atomic E-state index is 6.15. The summed E-state index contributed by atoms with van der Waals surface area (Å²) < 4.78 is 1.62. The van der Waals surface area contributed by atoms with Crippen LogP contribution in [0.4, 0.5) is 0 Å². The van der Waals surface area contributed by atoms with Crippen molar-refractivity contribution in [2.24, 2.45) is 7.05 Å². The Labute approximate surface area is 118 Å². The van der Waals surface area contributed by atoms with E-state index in [4.69, 9.17) is 23.2 Å². The maximum atomic E-state index is 6.15. The minimum atomic E-state index is 0.450. The molecule has 0 bridgehead atoms. The Morgan fingerprint density at radius 2 is 2.05 bits per heavy atom. The number of hydrogen-bond donors (Lipinski definition) is 0. The van der Waals surface area contributed by atoms with E-state index < -0.39 is 0 Å². The van der Waals surface area contributed by atoms with Crippen molar-refractivity contribution in [1.29, 1.82) is 0 Å². The van der Waals surface area contributed by atoms with Crippen LogP contribution < -0.4 is 0 Å². The van der Waals surface area contributed by atoms with Gasteiger partial charge in [-0.2, -0.15) is 9.90 Å². The van der Waals surface area contributed by atoms with Gasteiger partial charge in [0.2, 0.25) is 5.82 Å². The van der Waals surface area contributed by atoms with Crippen LogP contribution in [0.25, 0.3) is 17.1 Å². The van der Waals surface area contributed by atoms with Gasteiger partial charge in [-0.1, -0.05) is 29.3 Å². The molecule has 8 heteroatoms. The first kappa shape index (κ1) is 12.1. The molecule has 6 nitrogen and oxygen atoms in total. The molecule has 0 spiro atoms. The van der Waals surface area contributed by atoms with Crippen LogP contribution >= 0.6 is 23.2 Å². The highest BCUT2D eigenvalue weighted by Gasteiger charge is 2.11. The van der Waals surface area contributed by atoms with Gasteiger partial charge in [-0.3, -0.25) is 0 Å². The Bertz CT molecular complexity index is 732. The predicted octanol–water partition coefficient (Wildman–Crippen LogP) is 2.37. The molecule has 3 rings (SSSR count). The fourth-order valence-electron chi connectivity index (χ4n) is 1.64. The van der Waals surface area contributed by atoms with Crippen LogP contribution in [-0.4, -0.2) is 30.0 Å². The SMILES string of the molecule is Cn1nnc(-c2cnn(-c3cccc(Cl)c3Cl)c2)n1. The van der Waals surface area contributed by atoms with Gasteiger partial charge in [-0.15, -0.1) is 10.2 Å². The zero-order chi connectivity index (χ0) is 13.4. The van der Waals surface area contributed by atoms with Crippen molar-refractivity contribution < 1.29 is 0 Å². The number of halogens is 2. The Hall–Kier alpha value is -1.92. The molecule has 0 aliphatic heterocycles. The molecule has 2 aromatic heterocycles. The van der Waals surface area contributed by atoms with E-state index in [1.165, 1.54) is 4.80 Å². The van der Waals surface area contributed by atoms with Crippen LogP contribution in [0.15, 0.2) is 30.6 Å². The van der Waals surface area contributed by atoms with Gasteiger partial charge in [0, 0.05) is 6.20 Å². The molecule has 0 saturated heterocycles. The Balaban J connectivity index is 2.04. The molecule has 2 heterocycles. The van der Waals surface area contributed by atoms with Crippen molar-refractivity contribution in [2.75, 3.05) is 0 Å². The van der Waals surface area contributed by atoms with Crippen LogP contribution in [0.1, 0.15) is 0 Å². The first-order valence-corrected chi connectivity index (χ1v) is 6.14. The Morgan fingerprint density at radius 1 is 1.21 bits per heavy atom. The predicted molar refractivity (Wildman–Crippen MR) is 71.4 cm³/mol. The molecule has 1 aromatic carbocycles. The second-order valence-corrected chi connectivity index (χ2v) is 4.63. The number of tetrazole rings is 1. The van der Waals surface area contributed by atoms with E-state index in [9.17, 15) is 0 Å². The molecule has 3 aromatic rings. The minimum Gasteiger partial charge on any atom is -0.239 e. The van der Waals surface area contributed by atoms with Gasteiger partial charge in [0.25, 0.3) is 0 Å². The van der Waals surface area contributed by atoms with Gasteiger partial charge in [-0.05, 0) is 17.3 Å². The first-order chi connectivity index (χ1) is 9.15. The van der Waals surface area contributed by atoms with Crippen molar-refractivity contribution in [2.45, 2.75) is 0 Å². The molecule has 19 heavy (non-hydrogen) atoms. The van der Waals surface area contributed by atoms with Gasteiger partial charge < -0.3 is 0 Å². The topological polar surface area (TPSA) is 61.4 Å². The number of aromatic nitrogens is 6. The van der Waals surface area contributed by atoms with Crippen LogP contribution in [-0.2, 0) is 7.05 Å². The fourth-order valence-corrected chi connectivity index (χ4v) is 2.02. The van der Waals surface area contributed by atoms with E-state index in [1.807, 2.05) is 12.1 Å². The second kappa shape index (κ2) is 4.64. The van der Waals surface area contributed by atoms with Crippen molar-refractivity contribution in [1.82, 2.24) is 30.0 Å². The van der Waals surface area contributed by atoms with Gasteiger partial charge >= 0.3 is 0 Å². The summed E-state index contributed by atoms with van der Waals surface area (Å²) in [5.74, 6) is 0.506. The molecule has 0 saturated carbocycles. The molecular weight excluding hydrogens is 287 g/mol. The molecule has 0 amide bonds. The Morgan fingerprint density at radius 3 is 2.79 bits per heavy atom. The quantitative estimate of drug-likeness (QED) is 0.728. The molecular formula is C11H8Cl2N6. The Kier molecular flexibility index (Phi) is 2.96. The van der Waals surface area contributed by atoms with Crippen molar-refractivity contribution in [3.63, 3.8) is 0 Å². The van der Waals surface area contributed by atoms with E-state index >= 15 is 0 Å². The lowest BCUT2D eigenvalue weighted by atomic mass is 10.3. The number of benzene rings is 1. The third-order valence-corrected chi connectivity index (χ3v) is 3.34. The molecule has 96 valence electrons. The monoisotopic (exact) mass is 294 g/mol. The number of nitrogens with zero attached hydrogens (tertiary/aromatic N) is 6. The van der Waals surface area contributed by atoms with Gasteiger partial charge in [0.1, 0.15) is 0 Å². The van der Waals surface area contributed by atoms with Crippen molar-refractivity contribution >= 4 is 23.2 Å². The second-order valence-electron chi connectivity index (χ2n) is 3.85. The normalized spacial score (nSPS) is 10.9. The maximum Gasteiger partial charge on any atom is 0.208 e. The van der Waals surface area contributed by atoms with E-state index in [2.05, 4.69) is 20.5 Å². The molecule has 0 unspecified atom stereocenters. The largest absolute Gasteiger partial charge is 0.239 e. The number of rotatable bonds is 2. The molecule has 0 aliphatic carbocycles. The van der Waals surface area contributed by atoms with Gasteiger partial charge in [0.15, 0.2) is 0 Å². The van der Waals surface area contributed by atoms with Crippen molar-refractivity contribution in [3.05, 3.63) is 40.6 Å². The van der Waals surface area contributed by atoms with E-state index in [-0.39, 0.29) is 0 Å². The lowest BCUT2D eigenvalue weighted by Gasteiger charge is -2.04. The van der Waals surface area contributed by atoms with Gasteiger partial charge in [-0.25, -0.2) is 4.68 Å². The highest BCUT2D eigenvalue weighted by molar-refractivity contribution is 6.43. The fraction of sp³-hybridized carbons (Fsp3) is 0.0909. The lowest BCUT2D eigenvalue weighted by molar-refractivity contribution is 0.630. The summed E-state index contributed by atoms with van der Waals surface area (Å²) in [6.45, 7) is 0. The third kappa shape index (κ3) is 2.20. The summed E-state index contributed by atoms with van der Waals surface area (Å²) in [7, 11) is 1.70. The summed E-state index contributed by atoms with van der Waals surface area (Å²) in [5.41, 5.74) is 1.45. The van der Waals surface area contributed by atoms with Crippen LogP contribution in [0.2, 0.25) is 10.0 Å². The van der Waals surface area contributed by atoms with Gasteiger partial charge in [0.05, 0.1) is 34.5 Å². The van der Waals surface area contributed by atoms with Crippen LogP contribution in [0.5, 0.6) is 0 Å². The summed E-state index contributed by atoms with van der Waals surface area (Å²) in [5, 5.41) is 17.0. The number of aryl methyl sites for hydroxylation is 1. The van der Waals surface area contributed by atoms with Crippen molar-refractivity contribution in [3.8, 4) is 17.1 Å². The zero-order valence-corrected chi connectivity index (χ0v) is 11.3. The van der Waals surface area contributed by atoms with Crippen LogP contribution in [0.3, 0.4) is 0 Å². The molecule has 0 fully saturated rings. The molecule has 0 radical (unpaired) electrons. The first-order valence-electron chi connectivity index (χ1n) is 5.38. The zero-order valence-electron chi connectivity index (χ0n) is 9.83. The minimum absolute atomic E-state index is 0.450. The lowest BCUT2D eigenvalue weighted by Crippen LogP contribution is -1.95. The average molecular weight is 295 g/mol.